The molecule has 1 N–H and O–H groups in total. The summed E-state index contributed by atoms with van der Waals surface area (Å²) in [6.45, 7) is 2.44. The standard InChI is InChI=1S/C12H15ClO3/c1-2-16-12-6-5-9(8-10(12)13)11(15)4-3-7-14/h5-6,8,14H,2-4,7H2,1H3. The van der Waals surface area contributed by atoms with E-state index in [0.29, 0.717) is 35.8 Å². The minimum absolute atomic E-state index is 0.0148. The van der Waals surface area contributed by atoms with E-state index in [1.54, 1.807) is 18.2 Å². The first-order chi connectivity index (χ1) is 7.69. The highest BCUT2D eigenvalue weighted by molar-refractivity contribution is 6.32. The van der Waals surface area contributed by atoms with E-state index in [2.05, 4.69) is 0 Å². The molecule has 0 fully saturated rings. The molecule has 0 aliphatic carbocycles. The molecule has 0 atom stereocenters. The molecular formula is C12H15ClO3. The Morgan fingerprint density at radius 2 is 2.25 bits per heavy atom. The third-order valence-electron chi connectivity index (χ3n) is 2.12. The number of benzene rings is 1. The molecule has 1 aromatic carbocycles. The highest BCUT2D eigenvalue weighted by Gasteiger charge is 2.08. The summed E-state index contributed by atoms with van der Waals surface area (Å²) in [7, 11) is 0. The van der Waals surface area contributed by atoms with Crippen LogP contribution in [-0.4, -0.2) is 24.1 Å². The van der Waals surface area contributed by atoms with E-state index in [9.17, 15) is 4.79 Å². The van der Waals surface area contributed by atoms with Crippen molar-refractivity contribution in [2.24, 2.45) is 0 Å². The van der Waals surface area contributed by atoms with E-state index in [4.69, 9.17) is 21.4 Å². The Kier molecular flexibility index (Phi) is 5.29. The number of hydrogen-bond donors (Lipinski definition) is 1. The molecule has 16 heavy (non-hydrogen) atoms. The van der Waals surface area contributed by atoms with E-state index in [-0.39, 0.29) is 12.4 Å². The molecule has 0 aromatic heterocycles. The predicted octanol–water partition coefficient (Wildman–Crippen LogP) is 2.69. The molecule has 88 valence electrons. The Labute approximate surface area is 100.0 Å². The van der Waals surface area contributed by atoms with Crippen LogP contribution >= 0.6 is 11.6 Å². The first-order valence-corrected chi connectivity index (χ1v) is 5.63. The van der Waals surface area contributed by atoms with E-state index in [1.807, 2.05) is 6.92 Å². The number of Topliss-reactive ketones (excluding diaryl/α,β-unsaturated/α-hetero) is 1. The lowest BCUT2D eigenvalue weighted by Gasteiger charge is -2.07. The Bertz CT molecular complexity index is 363. The average molecular weight is 243 g/mol. The fourth-order valence-electron chi connectivity index (χ4n) is 1.33. The summed E-state index contributed by atoms with van der Waals surface area (Å²) in [6, 6.07) is 4.99. The van der Waals surface area contributed by atoms with Gasteiger partial charge in [-0.25, -0.2) is 0 Å². The highest BCUT2D eigenvalue weighted by atomic mass is 35.5. The van der Waals surface area contributed by atoms with Crippen LogP contribution in [0.3, 0.4) is 0 Å². The molecule has 0 aliphatic rings. The van der Waals surface area contributed by atoms with Crippen LogP contribution in [0, 0.1) is 0 Å². The van der Waals surface area contributed by atoms with Crippen LogP contribution in [0.4, 0.5) is 0 Å². The second kappa shape index (κ2) is 6.51. The molecule has 4 heteroatoms. The first kappa shape index (κ1) is 13.0. The van der Waals surface area contributed by atoms with Crippen LogP contribution in [-0.2, 0) is 0 Å². The third kappa shape index (κ3) is 3.51. The molecule has 0 saturated carbocycles. The van der Waals surface area contributed by atoms with Crippen LogP contribution in [0.1, 0.15) is 30.1 Å². The van der Waals surface area contributed by atoms with Gasteiger partial charge in [0.1, 0.15) is 5.75 Å². The minimum atomic E-state index is -0.0148. The number of aliphatic hydroxyl groups is 1. The molecule has 1 aromatic rings. The maximum atomic E-state index is 11.6. The van der Waals surface area contributed by atoms with Crippen LogP contribution in [0.25, 0.3) is 0 Å². The quantitative estimate of drug-likeness (QED) is 0.781. The zero-order valence-corrected chi connectivity index (χ0v) is 9.96. The Morgan fingerprint density at radius 3 is 2.81 bits per heavy atom. The summed E-state index contributed by atoms with van der Waals surface area (Å²) in [5, 5.41) is 9.07. The third-order valence-corrected chi connectivity index (χ3v) is 2.41. The number of hydrogen-bond acceptors (Lipinski definition) is 3. The van der Waals surface area contributed by atoms with Gasteiger partial charge in [-0.15, -0.1) is 0 Å². The second-order valence-electron chi connectivity index (χ2n) is 3.33. The van der Waals surface area contributed by atoms with Crippen molar-refractivity contribution in [2.75, 3.05) is 13.2 Å². The SMILES string of the molecule is CCOc1ccc(C(=O)CCCO)cc1Cl. The van der Waals surface area contributed by atoms with Crippen LogP contribution in [0.15, 0.2) is 18.2 Å². The van der Waals surface area contributed by atoms with Gasteiger partial charge in [0.25, 0.3) is 0 Å². The molecule has 0 unspecified atom stereocenters. The van der Waals surface area contributed by atoms with E-state index < -0.39 is 0 Å². The molecule has 0 radical (unpaired) electrons. The fraction of sp³-hybridized carbons (Fsp3) is 0.417. The minimum Gasteiger partial charge on any atom is -0.492 e. The van der Waals surface area contributed by atoms with Gasteiger partial charge < -0.3 is 9.84 Å². The van der Waals surface area contributed by atoms with Crippen LogP contribution < -0.4 is 4.74 Å². The van der Waals surface area contributed by atoms with Gasteiger partial charge in [-0.3, -0.25) is 4.79 Å². The number of rotatable bonds is 6. The van der Waals surface area contributed by atoms with Crippen molar-refractivity contribution in [3.05, 3.63) is 28.8 Å². The number of aliphatic hydroxyl groups excluding tert-OH is 1. The van der Waals surface area contributed by atoms with Gasteiger partial charge in [0, 0.05) is 18.6 Å². The molecule has 0 amide bonds. The lowest BCUT2D eigenvalue weighted by molar-refractivity contribution is 0.0971. The zero-order valence-electron chi connectivity index (χ0n) is 9.20. The summed E-state index contributed by atoms with van der Waals surface area (Å²) in [6.07, 6.45) is 0.810. The van der Waals surface area contributed by atoms with Crippen molar-refractivity contribution in [3.8, 4) is 5.75 Å². The maximum Gasteiger partial charge on any atom is 0.163 e. The fourth-order valence-corrected chi connectivity index (χ4v) is 1.57. The Morgan fingerprint density at radius 1 is 1.50 bits per heavy atom. The van der Waals surface area contributed by atoms with Gasteiger partial charge in [0.15, 0.2) is 5.78 Å². The predicted molar refractivity (Wildman–Crippen MR) is 63.3 cm³/mol. The summed E-state index contributed by atoms with van der Waals surface area (Å²) in [5.41, 5.74) is 0.557. The summed E-state index contributed by atoms with van der Waals surface area (Å²) in [5.74, 6) is 0.571. The van der Waals surface area contributed by atoms with Crippen LogP contribution in [0.2, 0.25) is 5.02 Å². The average Bonchev–Trinajstić information content (AvgIpc) is 2.29. The van der Waals surface area contributed by atoms with E-state index >= 15 is 0 Å². The van der Waals surface area contributed by atoms with Crippen LogP contribution in [0.5, 0.6) is 5.75 Å². The van der Waals surface area contributed by atoms with Gasteiger partial charge in [-0.05, 0) is 31.5 Å². The first-order valence-electron chi connectivity index (χ1n) is 5.25. The van der Waals surface area contributed by atoms with E-state index in [1.165, 1.54) is 0 Å². The smallest absolute Gasteiger partial charge is 0.163 e. The van der Waals surface area contributed by atoms with Crippen molar-refractivity contribution >= 4 is 17.4 Å². The van der Waals surface area contributed by atoms with Gasteiger partial charge >= 0.3 is 0 Å². The lowest BCUT2D eigenvalue weighted by atomic mass is 10.1. The van der Waals surface area contributed by atoms with Crippen molar-refractivity contribution in [2.45, 2.75) is 19.8 Å². The Balaban J connectivity index is 2.76. The van der Waals surface area contributed by atoms with Crippen molar-refractivity contribution < 1.29 is 14.6 Å². The molecule has 0 saturated heterocycles. The van der Waals surface area contributed by atoms with E-state index in [0.717, 1.165) is 0 Å². The molecule has 3 nitrogen and oxygen atoms in total. The molecule has 0 bridgehead atoms. The summed E-state index contributed by atoms with van der Waals surface area (Å²) >= 11 is 5.96. The molecule has 0 heterocycles. The van der Waals surface area contributed by atoms with Gasteiger partial charge in [0.2, 0.25) is 0 Å². The van der Waals surface area contributed by atoms with Crippen molar-refractivity contribution in [3.63, 3.8) is 0 Å². The number of carbonyl (C=O) groups is 1. The largest absolute Gasteiger partial charge is 0.492 e. The number of halogens is 1. The van der Waals surface area contributed by atoms with Crippen molar-refractivity contribution in [1.82, 2.24) is 0 Å². The molecule has 0 aliphatic heterocycles. The van der Waals surface area contributed by atoms with Gasteiger partial charge in [-0.1, -0.05) is 11.6 Å². The lowest BCUT2D eigenvalue weighted by Crippen LogP contribution is -2.01. The topological polar surface area (TPSA) is 46.5 Å². The summed E-state index contributed by atoms with van der Waals surface area (Å²) < 4.78 is 5.27. The monoisotopic (exact) mass is 242 g/mol. The maximum absolute atomic E-state index is 11.6. The second-order valence-corrected chi connectivity index (χ2v) is 3.74. The molecular weight excluding hydrogens is 228 g/mol. The highest BCUT2D eigenvalue weighted by Crippen LogP contribution is 2.26. The number of ketones is 1. The van der Waals surface area contributed by atoms with Crippen molar-refractivity contribution in [1.29, 1.82) is 0 Å². The zero-order chi connectivity index (χ0) is 12.0. The van der Waals surface area contributed by atoms with Gasteiger partial charge in [-0.2, -0.15) is 0 Å². The molecule has 0 spiro atoms. The Hall–Kier alpha value is -1.06. The normalized spacial score (nSPS) is 10.2. The number of carbonyl (C=O) groups excluding carboxylic acids is 1. The molecule has 1 rings (SSSR count). The summed E-state index contributed by atoms with van der Waals surface area (Å²) in [4.78, 5) is 11.6. The number of ether oxygens (including phenoxy) is 1. The van der Waals surface area contributed by atoms with Gasteiger partial charge in [0.05, 0.1) is 11.6 Å².